The Morgan fingerprint density at radius 1 is 1.21 bits per heavy atom. The molecule has 132 valence electrons. The fourth-order valence-corrected chi connectivity index (χ4v) is 4.65. The highest BCUT2D eigenvalue weighted by Crippen LogP contribution is 2.24. The zero-order valence-electron chi connectivity index (χ0n) is 15.0. The molecule has 2 aliphatic heterocycles. The van der Waals surface area contributed by atoms with Gasteiger partial charge in [0.05, 0.1) is 30.8 Å². The second-order valence-electron chi connectivity index (χ2n) is 7.22. The third-order valence-electron chi connectivity index (χ3n) is 5.60. The SMILES string of the molecule is CCC[NH+]1[C@@H]2CCC[C@H]1CC(NC(=O)c1ccccc1OCC)C2. The number of para-hydroxylation sites is 1. The highest BCUT2D eigenvalue weighted by molar-refractivity contribution is 5.97. The molecule has 4 atom stereocenters. The number of carbonyl (C=O) groups excluding carboxylic acids is 1. The number of rotatable bonds is 6. The average molecular weight is 331 g/mol. The highest BCUT2D eigenvalue weighted by Gasteiger charge is 2.41. The lowest BCUT2D eigenvalue weighted by atomic mass is 9.81. The van der Waals surface area contributed by atoms with Crippen LogP contribution in [0.25, 0.3) is 0 Å². The Balaban J connectivity index is 1.66. The van der Waals surface area contributed by atoms with Crippen molar-refractivity contribution in [2.45, 2.75) is 70.5 Å². The van der Waals surface area contributed by atoms with Crippen LogP contribution in [-0.4, -0.2) is 37.2 Å². The van der Waals surface area contributed by atoms with Gasteiger partial charge in [0.25, 0.3) is 5.91 Å². The van der Waals surface area contributed by atoms with Gasteiger partial charge in [-0.15, -0.1) is 0 Å². The van der Waals surface area contributed by atoms with Crippen LogP contribution in [0.3, 0.4) is 0 Å². The molecule has 2 bridgehead atoms. The zero-order valence-corrected chi connectivity index (χ0v) is 15.0. The van der Waals surface area contributed by atoms with E-state index in [1.165, 1.54) is 32.2 Å². The van der Waals surface area contributed by atoms with E-state index >= 15 is 0 Å². The molecule has 1 aromatic rings. The van der Waals surface area contributed by atoms with Gasteiger partial charge in [0.1, 0.15) is 5.75 Å². The number of nitrogens with one attached hydrogen (secondary N) is 2. The molecule has 2 fully saturated rings. The number of quaternary nitrogens is 1. The zero-order chi connectivity index (χ0) is 16.9. The first-order valence-corrected chi connectivity index (χ1v) is 9.61. The number of hydrogen-bond acceptors (Lipinski definition) is 2. The van der Waals surface area contributed by atoms with Gasteiger partial charge in [0, 0.05) is 18.9 Å². The van der Waals surface area contributed by atoms with Crippen LogP contribution >= 0.6 is 0 Å². The summed E-state index contributed by atoms with van der Waals surface area (Å²) in [5.41, 5.74) is 0.660. The van der Waals surface area contributed by atoms with E-state index in [4.69, 9.17) is 4.74 Å². The van der Waals surface area contributed by atoms with Crippen molar-refractivity contribution in [1.82, 2.24) is 5.32 Å². The second-order valence-corrected chi connectivity index (χ2v) is 7.22. The lowest BCUT2D eigenvalue weighted by Gasteiger charge is -2.46. The number of ether oxygens (including phenoxy) is 1. The summed E-state index contributed by atoms with van der Waals surface area (Å²) in [6.07, 6.45) is 7.47. The highest BCUT2D eigenvalue weighted by atomic mass is 16.5. The maximum Gasteiger partial charge on any atom is 0.255 e. The maximum absolute atomic E-state index is 12.7. The summed E-state index contributed by atoms with van der Waals surface area (Å²) in [5.74, 6) is 0.702. The van der Waals surface area contributed by atoms with Crippen LogP contribution in [0.15, 0.2) is 24.3 Å². The van der Waals surface area contributed by atoms with E-state index < -0.39 is 0 Å². The Hall–Kier alpha value is -1.55. The van der Waals surface area contributed by atoms with E-state index in [0.29, 0.717) is 24.0 Å². The van der Waals surface area contributed by atoms with Gasteiger partial charge >= 0.3 is 0 Å². The van der Waals surface area contributed by atoms with E-state index in [1.807, 2.05) is 31.2 Å². The van der Waals surface area contributed by atoms with E-state index in [-0.39, 0.29) is 5.91 Å². The molecule has 2 heterocycles. The lowest BCUT2D eigenvalue weighted by Crippen LogP contribution is -3.21. The first-order chi connectivity index (χ1) is 11.7. The second kappa shape index (κ2) is 8.02. The normalized spacial score (nSPS) is 29.1. The van der Waals surface area contributed by atoms with Crippen LogP contribution in [0.5, 0.6) is 5.75 Å². The van der Waals surface area contributed by atoms with Gasteiger partial charge in [-0.2, -0.15) is 0 Å². The number of fused-ring (bicyclic) bond motifs is 2. The molecule has 1 aromatic carbocycles. The van der Waals surface area contributed by atoms with Crippen molar-refractivity contribution in [1.29, 1.82) is 0 Å². The quantitative estimate of drug-likeness (QED) is 0.839. The standard InChI is InChI=1S/C20H30N2O2/c1-3-12-22-16-8-7-9-17(22)14-15(13-16)21-20(23)18-10-5-6-11-19(18)24-4-2/h5-6,10-11,15-17H,3-4,7-9,12-14H2,1-2H3,(H,21,23)/p+1/t15?,16-,17+. The van der Waals surface area contributed by atoms with E-state index in [1.54, 1.807) is 4.90 Å². The number of benzene rings is 1. The van der Waals surface area contributed by atoms with Crippen molar-refractivity contribution in [3.05, 3.63) is 29.8 Å². The minimum atomic E-state index is 0.0149. The van der Waals surface area contributed by atoms with Crippen LogP contribution in [-0.2, 0) is 0 Å². The Morgan fingerprint density at radius 2 is 1.92 bits per heavy atom. The minimum absolute atomic E-state index is 0.0149. The van der Waals surface area contributed by atoms with Crippen LogP contribution in [0.1, 0.15) is 62.7 Å². The summed E-state index contributed by atoms with van der Waals surface area (Å²) in [4.78, 5) is 14.5. The van der Waals surface area contributed by atoms with E-state index in [0.717, 1.165) is 24.9 Å². The molecule has 0 aromatic heterocycles. The summed E-state index contributed by atoms with van der Waals surface area (Å²) in [6, 6.07) is 9.32. The third-order valence-corrected chi connectivity index (χ3v) is 5.60. The lowest BCUT2D eigenvalue weighted by molar-refractivity contribution is -0.961. The molecular weight excluding hydrogens is 300 g/mol. The molecule has 0 radical (unpaired) electrons. The average Bonchev–Trinajstić information content (AvgIpc) is 2.56. The number of piperidine rings is 2. The van der Waals surface area contributed by atoms with Crippen molar-refractivity contribution >= 4 is 5.91 Å². The van der Waals surface area contributed by atoms with Crippen LogP contribution in [0, 0.1) is 0 Å². The van der Waals surface area contributed by atoms with Gasteiger partial charge in [0.15, 0.2) is 0 Å². The van der Waals surface area contributed by atoms with Gasteiger partial charge in [-0.05, 0) is 44.7 Å². The fraction of sp³-hybridized carbons (Fsp3) is 0.650. The Labute approximate surface area is 145 Å². The Morgan fingerprint density at radius 3 is 2.58 bits per heavy atom. The summed E-state index contributed by atoms with van der Waals surface area (Å²) in [7, 11) is 0. The largest absolute Gasteiger partial charge is 0.493 e. The molecule has 0 spiro atoms. The molecule has 4 heteroatoms. The molecule has 1 amide bonds. The van der Waals surface area contributed by atoms with Gasteiger partial charge in [-0.3, -0.25) is 4.79 Å². The molecule has 2 saturated heterocycles. The van der Waals surface area contributed by atoms with Crippen molar-refractivity contribution in [3.63, 3.8) is 0 Å². The molecule has 0 aliphatic carbocycles. The molecule has 2 aliphatic rings. The predicted octanol–water partition coefficient (Wildman–Crippen LogP) is 2.19. The van der Waals surface area contributed by atoms with E-state index in [9.17, 15) is 4.79 Å². The Kier molecular flexibility index (Phi) is 5.77. The monoisotopic (exact) mass is 331 g/mol. The number of hydrogen-bond donors (Lipinski definition) is 2. The van der Waals surface area contributed by atoms with Gasteiger partial charge in [-0.25, -0.2) is 0 Å². The molecule has 3 rings (SSSR count). The first kappa shape index (κ1) is 17.3. The minimum Gasteiger partial charge on any atom is -0.493 e. The fourth-order valence-electron chi connectivity index (χ4n) is 4.65. The molecular formula is C20H31N2O2+. The van der Waals surface area contributed by atoms with Gasteiger partial charge in [0.2, 0.25) is 0 Å². The Bertz CT molecular complexity index is 546. The van der Waals surface area contributed by atoms with E-state index in [2.05, 4.69) is 12.2 Å². The van der Waals surface area contributed by atoms with Gasteiger partial charge in [-0.1, -0.05) is 19.1 Å². The van der Waals surface area contributed by atoms with Crippen LogP contribution in [0.4, 0.5) is 0 Å². The van der Waals surface area contributed by atoms with Crippen molar-refractivity contribution in [2.24, 2.45) is 0 Å². The summed E-state index contributed by atoms with van der Waals surface area (Å²) in [5, 5.41) is 3.29. The summed E-state index contributed by atoms with van der Waals surface area (Å²) in [6.45, 7) is 6.08. The van der Waals surface area contributed by atoms with Gasteiger partial charge < -0.3 is 15.0 Å². The first-order valence-electron chi connectivity index (χ1n) is 9.61. The molecule has 2 N–H and O–H groups in total. The third kappa shape index (κ3) is 3.75. The number of amides is 1. The smallest absolute Gasteiger partial charge is 0.255 e. The van der Waals surface area contributed by atoms with Crippen LogP contribution < -0.4 is 15.0 Å². The predicted molar refractivity (Wildman–Crippen MR) is 95.6 cm³/mol. The maximum atomic E-state index is 12.7. The van der Waals surface area contributed by atoms with Crippen molar-refractivity contribution < 1.29 is 14.4 Å². The molecule has 4 nitrogen and oxygen atoms in total. The summed E-state index contributed by atoms with van der Waals surface area (Å²) >= 11 is 0. The molecule has 2 unspecified atom stereocenters. The molecule has 0 saturated carbocycles. The topological polar surface area (TPSA) is 42.8 Å². The van der Waals surface area contributed by atoms with Crippen LogP contribution in [0.2, 0.25) is 0 Å². The number of carbonyl (C=O) groups is 1. The molecule has 24 heavy (non-hydrogen) atoms. The summed E-state index contributed by atoms with van der Waals surface area (Å²) < 4.78 is 5.61. The van der Waals surface area contributed by atoms with Crippen molar-refractivity contribution in [2.75, 3.05) is 13.2 Å². The van der Waals surface area contributed by atoms with Crippen molar-refractivity contribution in [3.8, 4) is 5.75 Å².